The summed E-state index contributed by atoms with van der Waals surface area (Å²) < 4.78 is 21.2. The Morgan fingerprint density at radius 1 is 1.30 bits per heavy atom. The van der Waals surface area contributed by atoms with E-state index >= 15 is 0 Å². The molecule has 0 radical (unpaired) electrons. The van der Waals surface area contributed by atoms with Crippen LogP contribution in [0, 0.1) is 5.82 Å². The zero-order chi connectivity index (χ0) is 19.1. The Balaban J connectivity index is 1.48. The van der Waals surface area contributed by atoms with Gasteiger partial charge in [0.15, 0.2) is 11.8 Å². The van der Waals surface area contributed by atoms with Crippen molar-refractivity contribution in [2.24, 2.45) is 4.99 Å². The van der Waals surface area contributed by atoms with Crippen LogP contribution in [0.2, 0.25) is 0 Å². The molecule has 1 unspecified atom stereocenters. The van der Waals surface area contributed by atoms with E-state index in [9.17, 15) is 4.39 Å². The number of halogens is 1. The Hall–Kier alpha value is -2.64. The standard InChI is InChI=1S/C19H27FN6O/c1-14(27-16-8-6-7-15(20)11-16)12-22-19(21-2)23-13-18-25-24-17-9-4-3-5-10-26(17)18/h6-8,11,14H,3-5,9-10,12-13H2,1-2H3,(H2,21,22,23). The van der Waals surface area contributed by atoms with E-state index in [0.717, 1.165) is 24.6 Å². The van der Waals surface area contributed by atoms with Crippen molar-refractivity contribution in [2.75, 3.05) is 13.6 Å². The second-order valence-electron chi connectivity index (χ2n) is 6.69. The predicted molar refractivity (Wildman–Crippen MR) is 102 cm³/mol. The Morgan fingerprint density at radius 3 is 3.00 bits per heavy atom. The fraction of sp³-hybridized carbons (Fsp3) is 0.526. The van der Waals surface area contributed by atoms with Crippen molar-refractivity contribution in [3.8, 4) is 5.75 Å². The van der Waals surface area contributed by atoms with Gasteiger partial charge < -0.3 is 19.9 Å². The molecule has 27 heavy (non-hydrogen) atoms. The van der Waals surface area contributed by atoms with Crippen LogP contribution in [0.3, 0.4) is 0 Å². The molecule has 7 nitrogen and oxygen atoms in total. The van der Waals surface area contributed by atoms with E-state index < -0.39 is 0 Å². The van der Waals surface area contributed by atoms with Gasteiger partial charge in [-0.1, -0.05) is 12.5 Å². The number of aryl methyl sites for hydroxylation is 1. The van der Waals surface area contributed by atoms with Crippen LogP contribution in [-0.2, 0) is 19.5 Å². The molecule has 0 saturated carbocycles. The molecule has 1 aliphatic heterocycles. The first kappa shape index (κ1) is 19.1. The molecule has 0 saturated heterocycles. The van der Waals surface area contributed by atoms with E-state index in [1.807, 2.05) is 6.92 Å². The molecule has 146 valence electrons. The van der Waals surface area contributed by atoms with Crippen molar-refractivity contribution < 1.29 is 9.13 Å². The lowest BCUT2D eigenvalue weighted by molar-refractivity contribution is 0.223. The number of guanidine groups is 1. The van der Waals surface area contributed by atoms with Crippen LogP contribution in [-0.4, -0.2) is 40.4 Å². The first-order valence-corrected chi connectivity index (χ1v) is 9.43. The number of rotatable bonds is 6. The number of aromatic nitrogens is 3. The molecule has 2 heterocycles. The lowest BCUT2D eigenvalue weighted by atomic mass is 10.2. The average Bonchev–Trinajstić information content (AvgIpc) is 2.88. The van der Waals surface area contributed by atoms with Crippen LogP contribution >= 0.6 is 0 Å². The second kappa shape index (κ2) is 9.34. The van der Waals surface area contributed by atoms with Gasteiger partial charge in [-0.05, 0) is 31.9 Å². The lowest BCUT2D eigenvalue weighted by Crippen LogP contribution is -2.41. The molecule has 3 rings (SSSR count). The maximum Gasteiger partial charge on any atom is 0.191 e. The molecule has 1 aromatic heterocycles. The van der Waals surface area contributed by atoms with Gasteiger partial charge in [0.1, 0.15) is 23.5 Å². The Labute approximate surface area is 159 Å². The minimum absolute atomic E-state index is 0.144. The Morgan fingerprint density at radius 2 is 2.19 bits per heavy atom. The van der Waals surface area contributed by atoms with Gasteiger partial charge in [-0.25, -0.2) is 4.39 Å². The van der Waals surface area contributed by atoms with Crippen molar-refractivity contribution in [1.29, 1.82) is 0 Å². The summed E-state index contributed by atoms with van der Waals surface area (Å²) in [6.45, 7) is 3.99. The first-order chi connectivity index (χ1) is 13.2. The third-order valence-corrected chi connectivity index (χ3v) is 4.51. The van der Waals surface area contributed by atoms with Gasteiger partial charge >= 0.3 is 0 Å². The van der Waals surface area contributed by atoms with Crippen LogP contribution in [0.15, 0.2) is 29.3 Å². The zero-order valence-corrected chi connectivity index (χ0v) is 15.9. The number of nitrogens with zero attached hydrogens (tertiary/aromatic N) is 4. The highest BCUT2D eigenvalue weighted by atomic mass is 19.1. The molecule has 1 atom stereocenters. The summed E-state index contributed by atoms with van der Waals surface area (Å²) in [5.74, 6) is 2.87. The van der Waals surface area contributed by atoms with Crippen molar-refractivity contribution >= 4 is 5.96 Å². The van der Waals surface area contributed by atoms with Crippen LogP contribution in [0.4, 0.5) is 4.39 Å². The topological polar surface area (TPSA) is 76.4 Å². The van der Waals surface area contributed by atoms with Crippen LogP contribution in [0.5, 0.6) is 5.75 Å². The SMILES string of the molecule is CN=C(NCc1nnc2n1CCCCC2)NCC(C)Oc1cccc(F)c1. The number of fused-ring (bicyclic) bond motifs is 1. The summed E-state index contributed by atoms with van der Waals surface area (Å²) in [6.07, 6.45) is 4.44. The molecule has 0 amide bonds. The molecule has 0 aliphatic carbocycles. The van der Waals surface area contributed by atoms with Crippen molar-refractivity contribution in [1.82, 2.24) is 25.4 Å². The molecule has 2 aromatic rings. The molecular weight excluding hydrogens is 347 g/mol. The minimum Gasteiger partial charge on any atom is -0.489 e. The normalized spacial score (nSPS) is 15.6. The smallest absolute Gasteiger partial charge is 0.191 e. The van der Waals surface area contributed by atoms with E-state index in [1.165, 1.54) is 31.4 Å². The summed E-state index contributed by atoms with van der Waals surface area (Å²) in [5, 5.41) is 15.1. The quantitative estimate of drug-likeness (QED) is 0.599. The molecule has 1 aromatic carbocycles. The average molecular weight is 374 g/mol. The second-order valence-corrected chi connectivity index (χ2v) is 6.69. The van der Waals surface area contributed by atoms with E-state index in [4.69, 9.17) is 4.74 Å². The van der Waals surface area contributed by atoms with E-state index in [2.05, 4.69) is 30.4 Å². The molecular formula is C19H27FN6O. The molecule has 0 bridgehead atoms. The largest absolute Gasteiger partial charge is 0.489 e. The van der Waals surface area contributed by atoms with Crippen molar-refractivity contribution in [3.05, 3.63) is 41.7 Å². The minimum atomic E-state index is -0.308. The highest BCUT2D eigenvalue weighted by molar-refractivity contribution is 5.79. The van der Waals surface area contributed by atoms with Crippen LogP contribution in [0.25, 0.3) is 0 Å². The highest BCUT2D eigenvalue weighted by Gasteiger charge is 2.15. The lowest BCUT2D eigenvalue weighted by Gasteiger charge is -2.18. The third kappa shape index (κ3) is 5.42. The fourth-order valence-electron chi connectivity index (χ4n) is 3.11. The van der Waals surface area contributed by atoms with E-state index in [1.54, 1.807) is 19.2 Å². The maximum atomic E-state index is 13.2. The first-order valence-electron chi connectivity index (χ1n) is 9.43. The van der Waals surface area contributed by atoms with Gasteiger partial charge in [-0.2, -0.15) is 0 Å². The van der Waals surface area contributed by atoms with Crippen molar-refractivity contribution in [2.45, 2.75) is 51.8 Å². The Bertz CT molecular complexity index is 775. The van der Waals surface area contributed by atoms with Crippen molar-refractivity contribution in [3.63, 3.8) is 0 Å². The summed E-state index contributed by atoms with van der Waals surface area (Å²) in [6, 6.07) is 6.14. The van der Waals surface area contributed by atoms with E-state index in [-0.39, 0.29) is 11.9 Å². The van der Waals surface area contributed by atoms with Gasteiger partial charge in [0, 0.05) is 26.1 Å². The predicted octanol–water partition coefficient (Wildman–Crippen LogP) is 2.28. The molecule has 8 heteroatoms. The zero-order valence-electron chi connectivity index (χ0n) is 15.9. The molecule has 0 spiro atoms. The number of hydrogen-bond donors (Lipinski definition) is 2. The maximum absolute atomic E-state index is 13.2. The number of hydrogen-bond acceptors (Lipinski definition) is 4. The highest BCUT2D eigenvalue weighted by Crippen LogP contribution is 2.15. The van der Waals surface area contributed by atoms with E-state index in [0.29, 0.717) is 24.8 Å². The fourth-order valence-corrected chi connectivity index (χ4v) is 3.11. The third-order valence-electron chi connectivity index (χ3n) is 4.51. The molecule has 2 N–H and O–H groups in total. The van der Waals surface area contributed by atoms with Gasteiger partial charge in [0.25, 0.3) is 0 Å². The summed E-state index contributed by atoms with van der Waals surface area (Å²) in [5.41, 5.74) is 0. The van der Waals surface area contributed by atoms with Gasteiger partial charge in [0.05, 0.1) is 13.1 Å². The van der Waals surface area contributed by atoms with Crippen LogP contribution in [0.1, 0.15) is 37.8 Å². The number of aliphatic imine (C=N–C) groups is 1. The number of ether oxygens (including phenoxy) is 1. The summed E-state index contributed by atoms with van der Waals surface area (Å²) in [7, 11) is 1.72. The Kier molecular flexibility index (Phi) is 6.62. The number of benzene rings is 1. The van der Waals surface area contributed by atoms with Gasteiger partial charge in [-0.15, -0.1) is 10.2 Å². The molecule has 1 aliphatic rings. The van der Waals surface area contributed by atoms with Gasteiger partial charge in [0.2, 0.25) is 0 Å². The van der Waals surface area contributed by atoms with Gasteiger partial charge in [-0.3, -0.25) is 4.99 Å². The summed E-state index contributed by atoms with van der Waals surface area (Å²) in [4.78, 5) is 4.23. The monoisotopic (exact) mass is 374 g/mol. The summed E-state index contributed by atoms with van der Waals surface area (Å²) >= 11 is 0. The van der Waals surface area contributed by atoms with Crippen LogP contribution < -0.4 is 15.4 Å². The molecule has 0 fully saturated rings. The number of nitrogens with one attached hydrogen (secondary N) is 2.